The van der Waals surface area contributed by atoms with Gasteiger partial charge in [0.15, 0.2) is 0 Å². The largest absolute Gasteiger partial charge is 0.480 e. The smallest absolute Gasteiger partial charge is 0.407 e. The number of ether oxygens (including phenoxy) is 1. The number of amides is 2. The number of hydrogen-bond acceptors (Lipinski definition) is 4. The molecule has 7 heteroatoms. The second-order valence-electron chi connectivity index (χ2n) is 10.1. The van der Waals surface area contributed by atoms with Crippen molar-refractivity contribution in [2.24, 2.45) is 5.92 Å². The summed E-state index contributed by atoms with van der Waals surface area (Å²) >= 11 is 0. The minimum Gasteiger partial charge on any atom is -0.480 e. The van der Waals surface area contributed by atoms with E-state index < -0.39 is 17.6 Å². The molecule has 3 aliphatic carbocycles. The van der Waals surface area contributed by atoms with Crippen LogP contribution >= 0.6 is 0 Å². The van der Waals surface area contributed by atoms with E-state index in [1.54, 1.807) is 0 Å². The number of carboxylic acids is 1. The Bertz CT molecular complexity index is 1070. The summed E-state index contributed by atoms with van der Waals surface area (Å²) in [7, 11) is 0. The van der Waals surface area contributed by atoms with E-state index in [0.717, 1.165) is 43.2 Å². The fourth-order valence-corrected chi connectivity index (χ4v) is 5.70. The van der Waals surface area contributed by atoms with Gasteiger partial charge in [-0.15, -0.1) is 0 Å². The van der Waals surface area contributed by atoms with Gasteiger partial charge >= 0.3 is 12.1 Å². The molecule has 35 heavy (non-hydrogen) atoms. The van der Waals surface area contributed by atoms with Crippen molar-refractivity contribution in [2.75, 3.05) is 6.61 Å². The Morgan fingerprint density at radius 3 is 2.11 bits per heavy atom. The van der Waals surface area contributed by atoms with Crippen LogP contribution in [-0.2, 0) is 14.3 Å². The summed E-state index contributed by atoms with van der Waals surface area (Å²) in [5, 5.41) is 15.0. The average Bonchev–Trinajstić information content (AvgIpc) is 3.58. The SMILES string of the molecule is O=C(CC(NC(=O)OCC1c2ccccc2-c2ccccc21)C1CCCCC1)NC1(C(=O)O)CC1. The van der Waals surface area contributed by atoms with Gasteiger partial charge in [-0.25, -0.2) is 9.59 Å². The Balaban J connectivity index is 1.24. The van der Waals surface area contributed by atoms with E-state index in [-0.39, 0.29) is 36.8 Å². The van der Waals surface area contributed by atoms with E-state index in [0.29, 0.717) is 12.8 Å². The first-order valence-corrected chi connectivity index (χ1v) is 12.6. The van der Waals surface area contributed by atoms with Gasteiger partial charge in [0.25, 0.3) is 0 Å². The number of carboxylic acid groups (broad SMARTS) is 1. The maximum atomic E-state index is 12.9. The zero-order chi connectivity index (χ0) is 24.4. The topological polar surface area (TPSA) is 105 Å². The third kappa shape index (κ3) is 4.90. The molecule has 2 aromatic rings. The van der Waals surface area contributed by atoms with Gasteiger partial charge < -0.3 is 20.5 Å². The Labute approximate surface area is 205 Å². The number of nitrogens with one attached hydrogen (secondary N) is 2. The van der Waals surface area contributed by atoms with E-state index in [2.05, 4.69) is 34.9 Å². The Hall–Kier alpha value is -3.35. The second-order valence-corrected chi connectivity index (χ2v) is 10.1. The van der Waals surface area contributed by atoms with Crippen molar-refractivity contribution < 1.29 is 24.2 Å². The normalized spacial score (nSPS) is 19.2. The van der Waals surface area contributed by atoms with E-state index in [1.807, 2.05) is 24.3 Å². The van der Waals surface area contributed by atoms with Crippen LogP contribution in [0.15, 0.2) is 48.5 Å². The van der Waals surface area contributed by atoms with Crippen molar-refractivity contribution in [3.05, 3.63) is 59.7 Å². The Kier molecular flexibility index (Phi) is 6.50. The molecule has 0 aromatic heterocycles. The summed E-state index contributed by atoms with van der Waals surface area (Å²) in [6.45, 7) is 0.214. The van der Waals surface area contributed by atoms with Crippen molar-refractivity contribution >= 4 is 18.0 Å². The standard InChI is InChI=1S/C28H32N2O5/c31-25(30-28(14-15-28)26(32)33)16-24(18-8-2-1-3-9-18)29-27(34)35-17-23-21-12-6-4-10-19(21)20-11-5-7-13-22(20)23/h4-7,10-13,18,23-24H,1-3,8-9,14-17H2,(H,29,34)(H,30,31)(H,32,33). The number of carbonyl (C=O) groups is 3. The fraction of sp³-hybridized carbons (Fsp3) is 0.464. The predicted molar refractivity (Wildman–Crippen MR) is 131 cm³/mol. The van der Waals surface area contributed by atoms with Gasteiger partial charge in [-0.2, -0.15) is 0 Å². The highest BCUT2D eigenvalue weighted by Crippen LogP contribution is 2.44. The quantitative estimate of drug-likeness (QED) is 0.517. The zero-order valence-electron chi connectivity index (χ0n) is 19.8. The van der Waals surface area contributed by atoms with Crippen LogP contribution in [0.5, 0.6) is 0 Å². The lowest BCUT2D eigenvalue weighted by molar-refractivity contribution is -0.143. The first kappa shape index (κ1) is 23.4. The molecule has 0 radical (unpaired) electrons. The molecule has 2 saturated carbocycles. The van der Waals surface area contributed by atoms with E-state index in [4.69, 9.17) is 4.74 Å². The fourth-order valence-electron chi connectivity index (χ4n) is 5.70. The van der Waals surface area contributed by atoms with Crippen LogP contribution in [0.25, 0.3) is 11.1 Å². The van der Waals surface area contributed by atoms with Gasteiger partial charge in [-0.1, -0.05) is 67.8 Å². The third-order valence-corrected chi connectivity index (χ3v) is 7.81. The Morgan fingerprint density at radius 2 is 1.54 bits per heavy atom. The maximum absolute atomic E-state index is 12.9. The van der Waals surface area contributed by atoms with Gasteiger partial charge in [-0.05, 0) is 53.9 Å². The summed E-state index contributed by atoms with van der Waals surface area (Å²) in [6.07, 6.45) is 5.57. The molecule has 184 valence electrons. The molecule has 3 N–H and O–H groups in total. The van der Waals surface area contributed by atoms with Crippen LogP contribution in [0.3, 0.4) is 0 Å². The number of alkyl carbamates (subject to hydrolysis) is 1. The monoisotopic (exact) mass is 476 g/mol. The van der Waals surface area contributed by atoms with Crippen molar-refractivity contribution in [3.8, 4) is 11.1 Å². The van der Waals surface area contributed by atoms with Gasteiger partial charge in [0, 0.05) is 18.4 Å². The van der Waals surface area contributed by atoms with Crippen LogP contribution in [0.4, 0.5) is 4.79 Å². The molecule has 2 aromatic carbocycles. The second kappa shape index (κ2) is 9.72. The summed E-state index contributed by atoms with van der Waals surface area (Å²) in [6, 6.07) is 16.0. The molecular formula is C28H32N2O5. The molecule has 0 bridgehead atoms. The minimum atomic E-state index is -1.13. The molecular weight excluding hydrogens is 444 g/mol. The summed E-state index contributed by atoms with van der Waals surface area (Å²) in [5.74, 6) is -1.19. The number of rotatable bonds is 8. The molecule has 2 fully saturated rings. The molecule has 1 unspecified atom stereocenters. The molecule has 0 aliphatic heterocycles. The van der Waals surface area contributed by atoms with Crippen molar-refractivity contribution in [1.82, 2.24) is 10.6 Å². The number of benzene rings is 2. The number of hydrogen-bond donors (Lipinski definition) is 3. The van der Waals surface area contributed by atoms with Crippen LogP contribution in [0, 0.1) is 5.92 Å². The van der Waals surface area contributed by atoms with Crippen LogP contribution in [0.2, 0.25) is 0 Å². The average molecular weight is 477 g/mol. The first-order chi connectivity index (χ1) is 17.0. The van der Waals surface area contributed by atoms with E-state index >= 15 is 0 Å². The highest BCUT2D eigenvalue weighted by molar-refractivity contribution is 5.90. The molecule has 1 atom stereocenters. The summed E-state index contributed by atoms with van der Waals surface area (Å²) in [4.78, 5) is 37.1. The number of fused-ring (bicyclic) bond motifs is 3. The van der Waals surface area contributed by atoms with Gasteiger partial charge in [0.05, 0.1) is 0 Å². The predicted octanol–water partition coefficient (Wildman–Crippen LogP) is 4.60. The van der Waals surface area contributed by atoms with E-state index in [1.165, 1.54) is 11.1 Å². The highest BCUT2D eigenvalue weighted by atomic mass is 16.5. The van der Waals surface area contributed by atoms with Crippen molar-refractivity contribution in [2.45, 2.75) is 68.9 Å². The number of carbonyl (C=O) groups excluding carboxylic acids is 2. The Morgan fingerprint density at radius 1 is 0.943 bits per heavy atom. The molecule has 2 amide bonds. The van der Waals surface area contributed by atoms with Crippen LogP contribution in [-0.4, -0.2) is 41.3 Å². The number of aliphatic carboxylic acids is 1. The van der Waals surface area contributed by atoms with Crippen LogP contribution in [0.1, 0.15) is 68.4 Å². The van der Waals surface area contributed by atoms with E-state index in [9.17, 15) is 19.5 Å². The lowest BCUT2D eigenvalue weighted by Gasteiger charge is -2.31. The zero-order valence-corrected chi connectivity index (χ0v) is 19.8. The molecule has 0 saturated heterocycles. The first-order valence-electron chi connectivity index (χ1n) is 12.6. The third-order valence-electron chi connectivity index (χ3n) is 7.81. The summed E-state index contributed by atoms with van der Waals surface area (Å²) < 4.78 is 5.72. The molecule has 0 spiro atoms. The molecule has 3 aliphatic rings. The van der Waals surface area contributed by atoms with Crippen molar-refractivity contribution in [3.63, 3.8) is 0 Å². The highest BCUT2D eigenvalue weighted by Gasteiger charge is 2.51. The summed E-state index contributed by atoms with van der Waals surface area (Å²) in [5.41, 5.74) is 3.50. The molecule has 7 nitrogen and oxygen atoms in total. The molecule has 5 rings (SSSR count). The van der Waals surface area contributed by atoms with Crippen LogP contribution < -0.4 is 10.6 Å². The molecule has 0 heterocycles. The van der Waals surface area contributed by atoms with Gasteiger partial charge in [-0.3, -0.25) is 4.79 Å². The van der Waals surface area contributed by atoms with Crippen molar-refractivity contribution in [1.29, 1.82) is 0 Å². The van der Waals surface area contributed by atoms with Gasteiger partial charge in [0.1, 0.15) is 12.1 Å². The lowest BCUT2D eigenvalue weighted by Crippen LogP contribution is -2.48. The maximum Gasteiger partial charge on any atom is 0.407 e. The minimum absolute atomic E-state index is 0.0325. The van der Waals surface area contributed by atoms with Gasteiger partial charge in [0.2, 0.25) is 5.91 Å². The lowest BCUT2D eigenvalue weighted by atomic mass is 9.82.